The molecule has 1 fully saturated rings. The zero-order valence-corrected chi connectivity index (χ0v) is 15.0. The first-order chi connectivity index (χ1) is 12.1. The third-order valence-electron chi connectivity index (χ3n) is 4.07. The van der Waals surface area contributed by atoms with Gasteiger partial charge in [-0.15, -0.1) is 0 Å². The van der Waals surface area contributed by atoms with Crippen molar-refractivity contribution in [3.8, 4) is 17.1 Å². The Morgan fingerprint density at radius 1 is 1.20 bits per heavy atom. The number of ether oxygens (including phenoxy) is 2. The third-order valence-corrected chi connectivity index (χ3v) is 5.73. The number of rotatable bonds is 7. The van der Waals surface area contributed by atoms with Crippen molar-refractivity contribution in [3.63, 3.8) is 0 Å². The van der Waals surface area contributed by atoms with Crippen LogP contribution in [0.4, 0.5) is 0 Å². The molecular weight excluding hydrogens is 344 g/mol. The third kappa shape index (κ3) is 5.02. The van der Waals surface area contributed by atoms with Gasteiger partial charge in [-0.2, -0.15) is 4.98 Å². The van der Waals surface area contributed by atoms with E-state index in [-0.39, 0.29) is 23.3 Å². The van der Waals surface area contributed by atoms with Gasteiger partial charge in [0.05, 0.1) is 12.4 Å². The van der Waals surface area contributed by atoms with Crippen molar-refractivity contribution < 1.29 is 22.4 Å². The Bertz CT molecular complexity index is 780. The van der Waals surface area contributed by atoms with Crippen molar-refractivity contribution in [3.05, 3.63) is 30.2 Å². The Hall–Kier alpha value is -1.93. The second-order valence-electron chi connectivity index (χ2n) is 6.08. The van der Waals surface area contributed by atoms with E-state index in [9.17, 15) is 8.42 Å². The van der Waals surface area contributed by atoms with Crippen molar-refractivity contribution in [1.82, 2.24) is 10.1 Å². The van der Waals surface area contributed by atoms with Gasteiger partial charge in [-0.3, -0.25) is 0 Å². The molecular formula is C17H22N2O5S. The van der Waals surface area contributed by atoms with Crippen molar-refractivity contribution in [2.75, 3.05) is 25.6 Å². The van der Waals surface area contributed by atoms with Crippen molar-refractivity contribution in [2.24, 2.45) is 5.92 Å². The van der Waals surface area contributed by atoms with Gasteiger partial charge in [-0.05, 0) is 49.9 Å². The molecule has 0 amide bonds. The Morgan fingerprint density at radius 3 is 2.60 bits per heavy atom. The van der Waals surface area contributed by atoms with Crippen molar-refractivity contribution >= 4 is 9.84 Å². The average molecular weight is 366 g/mol. The van der Waals surface area contributed by atoms with E-state index >= 15 is 0 Å². The molecule has 1 aromatic carbocycles. The molecule has 0 bridgehead atoms. The van der Waals surface area contributed by atoms with Gasteiger partial charge in [-0.25, -0.2) is 8.42 Å². The Balaban J connectivity index is 1.64. The highest BCUT2D eigenvalue weighted by atomic mass is 32.2. The van der Waals surface area contributed by atoms with Crippen molar-refractivity contribution in [2.45, 2.75) is 25.5 Å². The Morgan fingerprint density at radius 2 is 1.92 bits per heavy atom. The highest BCUT2D eigenvalue weighted by Gasteiger charge is 2.24. The van der Waals surface area contributed by atoms with E-state index < -0.39 is 9.84 Å². The molecule has 1 saturated heterocycles. The van der Waals surface area contributed by atoms with Gasteiger partial charge < -0.3 is 14.0 Å². The molecule has 0 radical (unpaired) electrons. The molecule has 0 unspecified atom stereocenters. The molecule has 7 nitrogen and oxygen atoms in total. The first-order valence-corrected chi connectivity index (χ1v) is 10.2. The van der Waals surface area contributed by atoms with Crippen LogP contribution in [0.3, 0.4) is 0 Å². The predicted molar refractivity (Wildman–Crippen MR) is 91.9 cm³/mol. The number of aromatic nitrogens is 2. The first kappa shape index (κ1) is 17.9. The highest BCUT2D eigenvalue weighted by molar-refractivity contribution is 7.90. The number of benzene rings is 1. The summed E-state index contributed by atoms with van der Waals surface area (Å²) in [7, 11) is -3.29. The van der Waals surface area contributed by atoms with Crippen molar-refractivity contribution in [1.29, 1.82) is 0 Å². The minimum atomic E-state index is -3.29. The van der Waals surface area contributed by atoms with E-state index in [4.69, 9.17) is 14.0 Å². The maximum Gasteiger partial charge on any atom is 0.242 e. The quantitative estimate of drug-likeness (QED) is 0.743. The molecule has 0 N–H and O–H groups in total. The molecule has 136 valence electrons. The molecule has 2 aromatic rings. The van der Waals surface area contributed by atoms with E-state index in [0.717, 1.165) is 24.2 Å². The molecule has 1 aliphatic heterocycles. The Kier molecular flexibility index (Phi) is 5.70. The zero-order valence-electron chi connectivity index (χ0n) is 14.2. The van der Waals surface area contributed by atoms with Crippen LogP contribution in [0.2, 0.25) is 0 Å². The molecule has 8 heteroatoms. The van der Waals surface area contributed by atoms with E-state index in [2.05, 4.69) is 10.1 Å². The molecule has 0 saturated carbocycles. The fraction of sp³-hybridized carbons (Fsp3) is 0.529. The van der Waals surface area contributed by atoms with Crippen LogP contribution < -0.4 is 4.74 Å². The summed E-state index contributed by atoms with van der Waals surface area (Å²) in [6.45, 7) is 3.77. The summed E-state index contributed by atoms with van der Waals surface area (Å²) in [6.07, 6.45) is 1.56. The second kappa shape index (κ2) is 7.97. The summed E-state index contributed by atoms with van der Waals surface area (Å²) in [6, 6.07) is 7.26. The minimum absolute atomic E-state index is 0.121. The zero-order chi connectivity index (χ0) is 17.7. The summed E-state index contributed by atoms with van der Waals surface area (Å²) in [4.78, 5) is 4.21. The number of nitrogens with zero attached hydrogens (tertiary/aromatic N) is 2. The van der Waals surface area contributed by atoms with Crippen LogP contribution in [-0.2, 0) is 20.3 Å². The van der Waals surface area contributed by atoms with Gasteiger partial charge in [0, 0.05) is 18.8 Å². The summed E-state index contributed by atoms with van der Waals surface area (Å²) >= 11 is 0. The molecule has 1 aliphatic rings. The first-order valence-electron chi connectivity index (χ1n) is 8.40. The summed E-state index contributed by atoms with van der Waals surface area (Å²) in [5, 5.41) is 3.88. The maximum absolute atomic E-state index is 12.3. The minimum Gasteiger partial charge on any atom is -0.494 e. The molecule has 25 heavy (non-hydrogen) atoms. The normalized spacial score (nSPS) is 16.0. The lowest BCUT2D eigenvalue weighted by Crippen LogP contribution is -2.24. The number of hydrogen-bond acceptors (Lipinski definition) is 7. The van der Waals surface area contributed by atoms with Crippen LogP contribution in [0.25, 0.3) is 11.4 Å². The number of sulfone groups is 1. The lowest BCUT2D eigenvalue weighted by atomic mass is 10.0. The SMILES string of the molecule is CCOc1ccc(-c2noc(CS(=O)(=O)CC3CCOCC3)n2)cc1. The van der Waals surface area contributed by atoms with Gasteiger partial charge in [0.1, 0.15) is 11.5 Å². The lowest BCUT2D eigenvalue weighted by Gasteiger charge is -2.21. The Labute approximate surface area is 147 Å². The topological polar surface area (TPSA) is 91.5 Å². The molecule has 0 atom stereocenters. The van der Waals surface area contributed by atoms with Crippen LogP contribution in [0.1, 0.15) is 25.7 Å². The molecule has 2 heterocycles. The van der Waals surface area contributed by atoms with E-state index in [1.54, 1.807) is 0 Å². The largest absolute Gasteiger partial charge is 0.494 e. The van der Waals surface area contributed by atoms with Crippen LogP contribution in [0.5, 0.6) is 5.75 Å². The van der Waals surface area contributed by atoms with Gasteiger partial charge in [-0.1, -0.05) is 5.16 Å². The maximum atomic E-state index is 12.3. The van der Waals surface area contributed by atoms with Gasteiger partial charge in [0.2, 0.25) is 11.7 Å². The highest BCUT2D eigenvalue weighted by Crippen LogP contribution is 2.22. The lowest BCUT2D eigenvalue weighted by molar-refractivity contribution is 0.0723. The fourth-order valence-corrected chi connectivity index (χ4v) is 4.48. The number of hydrogen-bond donors (Lipinski definition) is 0. The second-order valence-corrected chi connectivity index (χ2v) is 8.19. The standard InChI is InChI=1S/C17H22N2O5S/c1-2-23-15-5-3-14(4-6-15)17-18-16(24-19-17)12-25(20,21)11-13-7-9-22-10-8-13/h3-6,13H,2,7-12H2,1H3. The van der Waals surface area contributed by atoms with Gasteiger partial charge >= 0.3 is 0 Å². The smallest absolute Gasteiger partial charge is 0.242 e. The summed E-state index contributed by atoms with van der Waals surface area (Å²) in [5.41, 5.74) is 0.750. The van der Waals surface area contributed by atoms with Crippen LogP contribution in [-0.4, -0.2) is 44.1 Å². The molecule has 3 rings (SSSR count). The molecule has 0 spiro atoms. The molecule has 0 aliphatic carbocycles. The van der Waals surface area contributed by atoms with Gasteiger partial charge in [0.25, 0.3) is 0 Å². The van der Waals surface area contributed by atoms with Crippen LogP contribution in [0.15, 0.2) is 28.8 Å². The van der Waals surface area contributed by atoms with E-state index in [1.165, 1.54) is 0 Å². The van der Waals surface area contributed by atoms with Crippen LogP contribution in [0, 0.1) is 5.92 Å². The fourth-order valence-electron chi connectivity index (χ4n) is 2.82. The van der Waals surface area contributed by atoms with E-state index in [0.29, 0.717) is 25.6 Å². The monoisotopic (exact) mass is 366 g/mol. The van der Waals surface area contributed by atoms with Gasteiger partial charge in [0.15, 0.2) is 9.84 Å². The summed E-state index contributed by atoms with van der Waals surface area (Å²) in [5.74, 6) is 1.31. The predicted octanol–water partition coefficient (Wildman–Crippen LogP) is 2.48. The van der Waals surface area contributed by atoms with Crippen LogP contribution >= 0.6 is 0 Å². The molecule has 1 aromatic heterocycles. The summed E-state index contributed by atoms with van der Waals surface area (Å²) < 4.78 is 40.5. The average Bonchev–Trinajstić information content (AvgIpc) is 3.04. The van der Waals surface area contributed by atoms with E-state index in [1.807, 2.05) is 31.2 Å².